The molecule has 0 atom stereocenters. The zero-order chi connectivity index (χ0) is 23.9. The number of hydrogen-bond donors (Lipinski definition) is 1. The molecule has 2 aliphatic rings. The highest BCUT2D eigenvalue weighted by Crippen LogP contribution is 2.33. The van der Waals surface area contributed by atoms with Gasteiger partial charge in [0.1, 0.15) is 5.75 Å². The number of amides is 1. The molecule has 5 rings (SSSR count). The Balaban J connectivity index is 1.31. The minimum Gasteiger partial charge on any atom is -0.483 e. The van der Waals surface area contributed by atoms with E-state index in [4.69, 9.17) is 14.2 Å². The molecule has 3 aromatic rings. The van der Waals surface area contributed by atoms with E-state index in [1.165, 1.54) is 0 Å². The summed E-state index contributed by atoms with van der Waals surface area (Å²) >= 11 is 0. The lowest BCUT2D eigenvalue weighted by molar-refractivity contribution is -0.118. The highest BCUT2D eigenvalue weighted by molar-refractivity contribution is 5.96. The summed E-state index contributed by atoms with van der Waals surface area (Å²) in [6.45, 7) is 6.04. The summed E-state index contributed by atoms with van der Waals surface area (Å²) in [4.78, 5) is 17.5. The van der Waals surface area contributed by atoms with Crippen LogP contribution in [0.3, 0.4) is 0 Å². The van der Waals surface area contributed by atoms with Crippen molar-refractivity contribution in [3.05, 3.63) is 72.8 Å². The van der Waals surface area contributed by atoms with Gasteiger partial charge in [-0.15, -0.1) is 0 Å². The van der Waals surface area contributed by atoms with Crippen molar-refractivity contribution in [1.29, 1.82) is 0 Å². The molecule has 7 nitrogen and oxygen atoms in total. The summed E-state index contributed by atoms with van der Waals surface area (Å²) in [6.07, 6.45) is 0. The number of morpholine rings is 2. The number of rotatable bonds is 7. The third-order valence-electron chi connectivity index (χ3n) is 6.31. The fourth-order valence-corrected chi connectivity index (χ4v) is 4.49. The number of benzene rings is 3. The standard InChI is InChI=1S/C28H31N3O4/c32-28(21-35-27-9-5-4-8-24(27)22-6-2-1-3-7-22)29-25-11-10-23(30-12-16-33-17-13-30)20-26(25)31-14-18-34-19-15-31/h1-11,20H,12-19,21H2,(H,29,32). The van der Waals surface area contributed by atoms with E-state index < -0.39 is 0 Å². The number of para-hydroxylation sites is 1. The van der Waals surface area contributed by atoms with Crippen LogP contribution in [0.15, 0.2) is 72.8 Å². The van der Waals surface area contributed by atoms with Crippen molar-refractivity contribution >= 4 is 23.0 Å². The molecule has 0 aliphatic carbocycles. The van der Waals surface area contributed by atoms with Gasteiger partial charge in [0.15, 0.2) is 6.61 Å². The predicted octanol–water partition coefficient (Wildman–Crippen LogP) is 4.04. The highest BCUT2D eigenvalue weighted by atomic mass is 16.5. The van der Waals surface area contributed by atoms with Gasteiger partial charge in [0, 0.05) is 37.4 Å². The quantitative estimate of drug-likeness (QED) is 0.559. The van der Waals surface area contributed by atoms with Gasteiger partial charge in [0.25, 0.3) is 5.91 Å². The maximum absolute atomic E-state index is 12.9. The van der Waals surface area contributed by atoms with Crippen molar-refractivity contribution in [3.8, 4) is 16.9 Å². The Labute approximate surface area is 206 Å². The maximum Gasteiger partial charge on any atom is 0.262 e. The van der Waals surface area contributed by atoms with Crippen molar-refractivity contribution in [1.82, 2.24) is 0 Å². The smallest absolute Gasteiger partial charge is 0.262 e. The lowest BCUT2D eigenvalue weighted by Gasteiger charge is -2.33. The Morgan fingerprint density at radius 1 is 0.800 bits per heavy atom. The molecular formula is C28H31N3O4. The number of nitrogens with zero attached hydrogens (tertiary/aromatic N) is 2. The van der Waals surface area contributed by atoms with Crippen molar-refractivity contribution in [3.63, 3.8) is 0 Å². The van der Waals surface area contributed by atoms with E-state index >= 15 is 0 Å². The van der Waals surface area contributed by atoms with E-state index in [1.54, 1.807) is 0 Å². The van der Waals surface area contributed by atoms with Gasteiger partial charge < -0.3 is 29.3 Å². The molecule has 0 radical (unpaired) electrons. The Morgan fingerprint density at radius 2 is 1.46 bits per heavy atom. The SMILES string of the molecule is O=C(COc1ccccc1-c1ccccc1)Nc1ccc(N2CCOCC2)cc1N1CCOCC1. The largest absolute Gasteiger partial charge is 0.483 e. The van der Waals surface area contributed by atoms with E-state index in [2.05, 4.69) is 27.2 Å². The highest BCUT2D eigenvalue weighted by Gasteiger charge is 2.20. The zero-order valence-corrected chi connectivity index (χ0v) is 19.8. The molecule has 0 saturated carbocycles. The molecule has 0 aromatic heterocycles. The van der Waals surface area contributed by atoms with Crippen LogP contribution in [-0.2, 0) is 14.3 Å². The number of anilines is 3. The molecule has 0 unspecified atom stereocenters. The molecule has 0 spiro atoms. The third-order valence-corrected chi connectivity index (χ3v) is 6.31. The predicted molar refractivity (Wildman–Crippen MR) is 139 cm³/mol. The first-order chi connectivity index (χ1) is 17.3. The van der Waals surface area contributed by atoms with Crippen LogP contribution < -0.4 is 19.9 Å². The van der Waals surface area contributed by atoms with Crippen LogP contribution in [0.5, 0.6) is 5.75 Å². The van der Waals surface area contributed by atoms with Gasteiger partial charge in [0.2, 0.25) is 0 Å². The first-order valence-corrected chi connectivity index (χ1v) is 12.1. The summed E-state index contributed by atoms with van der Waals surface area (Å²) in [5, 5.41) is 3.08. The van der Waals surface area contributed by atoms with Crippen LogP contribution in [-0.4, -0.2) is 65.1 Å². The molecule has 2 saturated heterocycles. The third kappa shape index (κ3) is 5.75. The van der Waals surface area contributed by atoms with Gasteiger partial charge in [0.05, 0.1) is 37.8 Å². The van der Waals surface area contributed by atoms with Crippen LogP contribution in [0, 0.1) is 0 Å². The van der Waals surface area contributed by atoms with E-state index in [0.717, 1.165) is 67.6 Å². The number of nitrogens with one attached hydrogen (secondary N) is 1. The second-order valence-electron chi connectivity index (χ2n) is 8.60. The molecule has 2 fully saturated rings. The van der Waals surface area contributed by atoms with Crippen LogP contribution in [0.25, 0.3) is 11.1 Å². The van der Waals surface area contributed by atoms with Crippen LogP contribution in [0.4, 0.5) is 17.1 Å². The van der Waals surface area contributed by atoms with Crippen LogP contribution in [0.1, 0.15) is 0 Å². The van der Waals surface area contributed by atoms with Gasteiger partial charge in [-0.25, -0.2) is 0 Å². The van der Waals surface area contributed by atoms with E-state index in [1.807, 2.05) is 60.7 Å². The molecule has 1 N–H and O–H groups in total. The monoisotopic (exact) mass is 473 g/mol. The Kier molecular flexibility index (Phi) is 7.46. The van der Waals surface area contributed by atoms with Crippen LogP contribution >= 0.6 is 0 Å². The molecule has 2 heterocycles. The first kappa shape index (κ1) is 23.2. The van der Waals surface area contributed by atoms with Gasteiger partial charge in [-0.1, -0.05) is 48.5 Å². The van der Waals surface area contributed by atoms with E-state index in [9.17, 15) is 4.79 Å². The topological polar surface area (TPSA) is 63.3 Å². The molecular weight excluding hydrogens is 442 g/mol. The summed E-state index contributed by atoms with van der Waals surface area (Å²) in [5.74, 6) is 0.492. The average Bonchev–Trinajstić information content (AvgIpc) is 2.94. The lowest BCUT2D eigenvalue weighted by Crippen LogP contribution is -2.38. The molecule has 7 heteroatoms. The summed E-state index contributed by atoms with van der Waals surface area (Å²) in [6, 6.07) is 24.0. The minimum atomic E-state index is -0.193. The summed E-state index contributed by atoms with van der Waals surface area (Å²) in [7, 11) is 0. The summed E-state index contributed by atoms with van der Waals surface area (Å²) < 4.78 is 17.0. The molecule has 35 heavy (non-hydrogen) atoms. The first-order valence-electron chi connectivity index (χ1n) is 12.1. The number of carbonyl (C=O) groups is 1. The van der Waals surface area contributed by atoms with Crippen molar-refractivity contribution in [2.75, 3.05) is 74.3 Å². The average molecular weight is 474 g/mol. The fourth-order valence-electron chi connectivity index (χ4n) is 4.49. The number of hydrogen-bond acceptors (Lipinski definition) is 6. The van der Waals surface area contributed by atoms with Crippen LogP contribution in [0.2, 0.25) is 0 Å². The minimum absolute atomic E-state index is 0.0718. The fraction of sp³-hybridized carbons (Fsp3) is 0.321. The van der Waals surface area contributed by atoms with E-state index in [0.29, 0.717) is 19.0 Å². The van der Waals surface area contributed by atoms with Crippen molar-refractivity contribution < 1.29 is 19.0 Å². The number of carbonyl (C=O) groups excluding carboxylic acids is 1. The van der Waals surface area contributed by atoms with Crippen molar-refractivity contribution in [2.45, 2.75) is 0 Å². The van der Waals surface area contributed by atoms with E-state index in [-0.39, 0.29) is 12.5 Å². The molecule has 0 bridgehead atoms. The molecule has 3 aromatic carbocycles. The Bertz CT molecular complexity index is 1130. The molecule has 182 valence electrons. The lowest BCUT2D eigenvalue weighted by atomic mass is 10.1. The summed E-state index contributed by atoms with van der Waals surface area (Å²) in [5.41, 5.74) is 4.95. The van der Waals surface area contributed by atoms with Crippen molar-refractivity contribution in [2.24, 2.45) is 0 Å². The second kappa shape index (κ2) is 11.3. The molecule has 1 amide bonds. The Hall–Kier alpha value is -3.55. The normalized spacial score (nSPS) is 16.1. The van der Waals surface area contributed by atoms with Gasteiger partial charge in [-0.05, 0) is 29.8 Å². The van der Waals surface area contributed by atoms with Gasteiger partial charge in [-0.3, -0.25) is 4.79 Å². The maximum atomic E-state index is 12.9. The van der Waals surface area contributed by atoms with Gasteiger partial charge in [-0.2, -0.15) is 0 Å². The number of ether oxygens (including phenoxy) is 3. The Morgan fingerprint density at radius 3 is 2.20 bits per heavy atom. The molecule has 2 aliphatic heterocycles. The second-order valence-corrected chi connectivity index (χ2v) is 8.60. The van der Waals surface area contributed by atoms with Gasteiger partial charge >= 0.3 is 0 Å². The zero-order valence-electron chi connectivity index (χ0n) is 19.8.